The minimum Gasteiger partial charge on any atom is -0.374 e. The Hall–Kier alpha value is -1.13. The third kappa shape index (κ3) is 3.22. The maximum Gasteiger partial charge on any atom is 0.534 e. The van der Waals surface area contributed by atoms with Crippen molar-refractivity contribution >= 4 is 48.7 Å². The van der Waals surface area contributed by atoms with Crippen LogP contribution in [-0.4, -0.2) is 23.9 Å². The van der Waals surface area contributed by atoms with Crippen LogP contribution in [0.4, 0.5) is 13.2 Å². The molecule has 2 rings (SSSR count). The molecule has 5 nitrogen and oxygen atoms in total. The summed E-state index contributed by atoms with van der Waals surface area (Å²) in [6.45, 7) is 0. The number of hydrogen-bond donors (Lipinski definition) is 0. The third-order valence-electron chi connectivity index (χ3n) is 2.33. The largest absolute Gasteiger partial charge is 0.534 e. The molecule has 0 aliphatic carbocycles. The molecular formula is C10H5BrClF3N2O3S. The molecule has 0 radical (unpaired) electrons. The van der Waals surface area contributed by atoms with E-state index < -0.39 is 21.4 Å². The summed E-state index contributed by atoms with van der Waals surface area (Å²) in [5.41, 5.74) is -5.00. The highest BCUT2D eigenvalue weighted by Gasteiger charge is 2.48. The van der Waals surface area contributed by atoms with Crippen molar-refractivity contribution in [1.82, 2.24) is 9.97 Å². The van der Waals surface area contributed by atoms with E-state index in [9.17, 15) is 21.6 Å². The molecule has 0 N–H and O–H groups in total. The molecule has 0 saturated heterocycles. The van der Waals surface area contributed by atoms with E-state index in [0.717, 1.165) is 12.3 Å². The lowest BCUT2D eigenvalue weighted by Gasteiger charge is -2.11. The molecule has 21 heavy (non-hydrogen) atoms. The zero-order valence-electron chi connectivity index (χ0n) is 9.86. The molecule has 114 valence electrons. The monoisotopic (exact) mass is 404 g/mol. The smallest absolute Gasteiger partial charge is 0.374 e. The van der Waals surface area contributed by atoms with E-state index >= 15 is 0 Å². The lowest BCUT2D eigenvalue weighted by atomic mass is 10.2. The van der Waals surface area contributed by atoms with E-state index in [4.69, 9.17) is 11.6 Å². The summed E-state index contributed by atoms with van der Waals surface area (Å²) in [7, 11) is -5.80. The van der Waals surface area contributed by atoms with Crippen LogP contribution in [0.2, 0.25) is 5.15 Å². The predicted molar refractivity (Wildman–Crippen MR) is 72.8 cm³/mol. The van der Waals surface area contributed by atoms with Gasteiger partial charge in [-0.15, -0.1) is 0 Å². The van der Waals surface area contributed by atoms with Gasteiger partial charge in [0.15, 0.2) is 5.75 Å². The summed E-state index contributed by atoms with van der Waals surface area (Å²) in [5, 5.41) is 0.271. The van der Waals surface area contributed by atoms with Crippen LogP contribution in [0.3, 0.4) is 0 Å². The first-order valence-corrected chi connectivity index (χ1v) is 8.07. The normalized spacial score (nSPS) is 12.6. The van der Waals surface area contributed by atoms with Gasteiger partial charge in [-0.2, -0.15) is 21.6 Å². The first-order chi connectivity index (χ1) is 9.65. The van der Waals surface area contributed by atoms with Gasteiger partial charge in [0.25, 0.3) is 0 Å². The van der Waals surface area contributed by atoms with Gasteiger partial charge in [-0.25, -0.2) is 4.98 Å². The van der Waals surface area contributed by atoms with Crippen molar-refractivity contribution in [2.45, 2.75) is 10.8 Å². The van der Waals surface area contributed by atoms with Crippen molar-refractivity contribution in [1.29, 1.82) is 0 Å². The highest BCUT2D eigenvalue weighted by Crippen LogP contribution is 2.32. The number of aromatic nitrogens is 2. The molecule has 0 atom stereocenters. The van der Waals surface area contributed by atoms with E-state index in [0.29, 0.717) is 10.9 Å². The van der Waals surface area contributed by atoms with Crippen LogP contribution in [0.15, 0.2) is 18.3 Å². The Bertz CT molecular complexity index is 798. The van der Waals surface area contributed by atoms with Gasteiger partial charge in [0.05, 0.1) is 5.52 Å². The van der Waals surface area contributed by atoms with Gasteiger partial charge in [-0.05, 0) is 11.6 Å². The van der Waals surface area contributed by atoms with Crippen molar-refractivity contribution < 1.29 is 25.8 Å². The predicted octanol–water partition coefficient (Wildman–Crippen LogP) is 3.41. The molecule has 0 fully saturated rings. The maximum atomic E-state index is 12.4. The van der Waals surface area contributed by atoms with E-state index in [1.54, 1.807) is 0 Å². The summed E-state index contributed by atoms with van der Waals surface area (Å²) >= 11 is 8.91. The standard InChI is InChI=1S/C10H5BrClF3N2O3S/c11-4-5-3-7(12)17-9-6(1-2-16-8(5)9)20-21(18,19)10(13,14)15/h1-3H,4H2. The molecule has 11 heteroatoms. The number of halogens is 5. The van der Waals surface area contributed by atoms with Gasteiger partial charge in [0.1, 0.15) is 10.7 Å². The first kappa shape index (κ1) is 16.2. The maximum absolute atomic E-state index is 12.4. The highest BCUT2D eigenvalue weighted by atomic mass is 79.9. The van der Waals surface area contributed by atoms with Crippen LogP contribution < -0.4 is 4.18 Å². The lowest BCUT2D eigenvalue weighted by Crippen LogP contribution is -2.28. The second kappa shape index (κ2) is 5.58. The second-order valence-electron chi connectivity index (χ2n) is 3.73. The van der Waals surface area contributed by atoms with Crippen LogP contribution >= 0.6 is 27.5 Å². The molecule has 0 aliphatic rings. The van der Waals surface area contributed by atoms with Crippen LogP contribution in [0.1, 0.15) is 5.56 Å². The summed E-state index contributed by atoms with van der Waals surface area (Å²) in [6, 6.07) is 2.42. The van der Waals surface area contributed by atoms with Crippen LogP contribution in [-0.2, 0) is 15.4 Å². The summed E-state index contributed by atoms with van der Waals surface area (Å²) < 4.78 is 63.3. The topological polar surface area (TPSA) is 69.2 Å². The average molecular weight is 406 g/mol. The molecule has 0 saturated carbocycles. The Kier molecular flexibility index (Phi) is 4.31. The number of hydrogen-bond acceptors (Lipinski definition) is 5. The molecule has 2 heterocycles. The van der Waals surface area contributed by atoms with Crippen molar-refractivity contribution in [3.8, 4) is 5.75 Å². The van der Waals surface area contributed by atoms with Crippen molar-refractivity contribution in [2.75, 3.05) is 0 Å². The first-order valence-electron chi connectivity index (χ1n) is 5.16. The fraction of sp³-hybridized carbons (Fsp3) is 0.200. The minimum atomic E-state index is -5.80. The van der Waals surface area contributed by atoms with Gasteiger partial charge >= 0.3 is 15.6 Å². The Balaban J connectivity index is 2.64. The Morgan fingerprint density at radius 2 is 2.00 bits per heavy atom. The fourth-order valence-corrected chi connectivity index (χ4v) is 2.57. The van der Waals surface area contributed by atoms with Crippen LogP contribution in [0.5, 0.6) is 5.75 Å². The van der Waals surface area contributed by atoms with Crippen molar-refractivity contribution in [2.24, 2.45) is 0 Å². The number of rotatable bonds is 3. The summed E-state index contributed by atoms with van der Waals surface area (Å²) in [5.74, 6) is -0.595. The summed E-state index contributed by atoms with van der Waals surface area (Å²) in [4.78, 5) is 7.71. The number of pyridine rings is 2. The Morgan fingerprint density at radius 1 is 1.33 bits per heavy atom. The van der Waals surface area contributed by atoms with Crippen molar-refractivity contribution in [3.05, 3.63) is 29.0 Å². The van der Waals surface area contributed by atoms with Crippen LogP contribution in [0.25, 0.3) is 11.0 Å². The Labute approximate surface area is 130 Å². The quantitative estimate of drug-likeness (QED) is 0.339. The molecule has 0 unspecified atom stereocenters. The zero-order valence-corrected chi connectivity index (χ0v) is 13.0. The number of nitrogens with zero attached hydrogens (tertiary/aromatic N) is 2. The van der Waals surface area contributed by atoms with Gasteiger partial charge < -0.3 is 4.18 Å². The van der Waals surface area contributed by atoms with E-state index in [1.807, 2.05) is 0 Å². The van der Waals surface area contributed by atoms with Crippen LogP contribution in [0, 0.1) is 0 Å². The van der Waals surface area contributed by atoms with E-state index in [-0.39, 0.29) is 16.2 Å². The zero-order chi connectivity index (χ0) is 15.8. The Morgan fingerprint density at radius 3 is 2.57 bits per heavy atom. The second-order valence-corrected chi connectivity index (χ2v) is 6.21. The molecule has 0 aliphatic heterocycles. The number of fused-ring (bicyclic) bond motifs is 1. The van der Waals surface area contributed by atoms with E-state index in [2.05, 4.69) is 30.1 Å². The van der Waals surface area contributed by atoms with Gasteiger partial charge in [0, 0.05) is 17.6 Å². The fourth-order valence-electron chi connectivity index (χ4n) is 1.47. The molecular weight excluding hydrogens is 401 g/mol. The molecule has 0 spiro atoms. The van der Waals surface area contributed by atoms with Gasteiger partial charge in [-0.1, -0.05) is 27.5 Å². The molecule has 0 bridgehead atoms. The molecule has 0 amide bonds. The van der Waals surface area contributed by atoms with E-state index in [1.165, 1.54) is 6.07 Å². The minimum absolute atomic E-state index is 0.0285. The average Bonchev–Trinajstić information content (AvgIpc) is 2.37. The van der Waals surface area contributed by atoms with Crippen molar-refractivity contribution in [3.63, 3.8) is 0 Å². The summed E-state index contributed by atoms with van der Waals surface area (Å²) in [6.07, 6.45) is 1.12. The molecule has 2 aromatic heterocycles. The third-order valence-corrected chi connectivity index (χ3v) is 4.09. The SMILES string of the molecule is O=S(=O)(Oc1ccnc2c(CBr)cc(Cl)nc12)C(F)(F)F. The lowest BCUT2D eigenvalue weighted by molar-refractivity contribution is -0.0499. The number of alkyl halides is 4. The highest BCUT2D eigenvalue weighted by molar-refractivity contribution is 9.08. The molecule has 0 aromatic carbocycles. The van der Waals surface area contributed by atoms with Gasteiger partial charge in [-0.3, -0.25) is 4.98 Å². The van der Waals surface area contributed by atoms with Gasteiger partial charge in [0.2, 0.25) is 0 Å². The molecule has 2 aromatic rings.